The summed E-state index contributed by atoms with van der Waals surface area (Å²) in [4.78, 5) is 24.2. The average Bonchev–Trinajstić information content (AvgIpc) is 2.53. The number of benzene rings is 2. The molecule has 2 aromatic rings. The Labute approximate surface area is 123 Å². The highest BCUT2D eigenvalue weighted by Crippen LogP contribution is 2.26. The minimum atomic E-state index is -0.0641. The van der Waals surface area contributed by atoms with Gasteiger partial charge in [-0.25, -0.2) is 0 Å². The van der Waals surface area contributed by atoms with Crippen LogP contribution >= 0.6 is 12.6 Å². The summed E-state index contributed by atoms with van der Waals surface area (Å²) in [6.07, 6.45) is 0. The number of carbonyl (C=O) groups excluding carboxylic acids is 2. The molecule has 4 heteroatoms. The summed E-state index contributed by atoms with van der Waals surface area (Å²) in [7, 11) is 0. The number of thiol groups is 1. The molecule has 0 saturated heterocycles. The summed E-state index contributed by atoms with van der Waals surface area (Å²) >= 11 is 3.80. The molecule has 1 aliphatic rings. The Kier molecular flexibility index (Phi) is 4.71. The second-order valence-electron chi connectivity index (χ2n) is 4.26. The third-order valence-corrected chi connectivity index (χ3v) is 3.22. The van der Waals surface area contributed by atoms with Crippen LogP contribution < -0.4 is 5.73 Å². The number of carbonyl (C=O) groups is 2. The third kappa shape index (κ3) is 2.66. The van der Waals surface area contributed by atoms with Crippen LogP contribution in [-0.4, -0.2) is 23.9 Å². The molecule has 3 rings (SSSR count). The molecule has 0 unspecified atom stereocenters. The van der Waals surface area contributed by atoms with E-state index in [4.69, 9.17) is 5.73 Å². The van der Waals surface area contributed by atoms with Gasteiger partial charge in [-0.2, -0.15) is 12.6 Å². The van der Waals surface area contributed by atoms with Gasteiger partial charge in [-0.15, -0.1) is 0 Å². The van der Waals surface area contributed by atoms with Crippen LogP contribution in [-0.2, 0) is 0 Å². The summed E-state index contributed by atoms with van der Waals surface area (Å²) in [6.45, 7) is 0.684. The lowest BCUT2D eigenvalue weighted by atomic mass is 9.84. The van der Waals surface area contributed by atoms with Crippen molar-refractivity contribution in [2.75, 3.05) is 12.3 Å². The lowest BCUT2D eigenvalue weighted by molar-refractivity contribution is 0.0979. The van der Waals surface area contributed by atoms with E-state index < -0.39 is 0 Å². The Morgan fingerprint density at radius 3 is 1.20 bits per heavy atom. The largest absolute Gasteiger partial charge is 0.330 e. The van der Waals surface area contributed by atoms with Crippen molar-refractivity contribution in [1.29, 1.82) is 0 Å². The Morgan fingerprint density at radius 2 is 1.00 bits per heavy atom. The minimum absolute atomic E-state index is 0.0641. The van der Waals surface area contributed by atoms with E-state index in [0.29, 0.717) is 28.8 Å². The van der Waals surface area contributed by atoms with Crippen LogP contribution in [0.3, 0.4) is 0 Å². The lowest BCUT2D eigenvalue weighted by Crippen LogP contribution is -2.20. The molecule has 0 bridgehead atoms. The maximum atomic E-state index is 12.1. The monoisotopic (exact) mass is 285 g/mol. The van der Waals surface area contributed by atoms with E-state index in [1.165, 1.54) is 0 Å². The summed E-state index contributed by atoms with van der Waals surface area (Å²) < 4.78 is 0. The van der Waals surface area contributed by atoms with Crippen LogP contribution in [0.25, 0.3) is 0 Å². The molecule has 3 nitrogen and oxygen atoms in total. The van der Waals surface area contributed by atoms with Crippen LogP contribution in [0.2, 0.25) is 0 Å². The van der Waals surface area contributed by atoms with E-state index in [9.17, 15) is 9.59 Å². The summed E-state index contributed by atoms with van der Waals surface area (Å²) in [6, 6.07) is 13.9. The first-order chi connectivity index (χ1) is 9.70. The van der Waals surface area contributed by atoms with Crippen molar-refractivity contribution in [3.05, 3.63) is 70.8 Å². The zero-order chi connectivity index (χ0) is 14.5. The molecule has 0 amide bonds. The molecule has 0 fully saturated rings. The Bertz CT molecular complexity index is 545. The molecule has 20 heavy (non-hydrogen) atoms. The standard InChI is InChI=1S/C14H8O2.C2H7NS/c15-13-9-5-1-2-6-10(9)14(16)12-8-4-3-7-11(12)13;3-1-2-4/h1-8H;4H,1-3H2. The number of hydrogen-bond acceptors (Lipinski definition) is 4. The summed E-state index contributed by atoms with van der Waals surface area (Å²) in [5.74, 6) is 0.664. The summed E-state index contributed by atoms with van der Waals surface area (Å²) in [5, 5.41) is 0. The van der Waals surface area contributed by atoms with Gasteiger partial charge in [0.05, 0.1) is 0 Å². The predicted octanol–water partition coefficient (Wildman–Crippen LogP) is 2.34. The maximum absolute atomic E-state index is 12.1. The molecule has 0 heterocycles. The molecule has 102 valence electrons. The van der Waals surface area contributed by atoms with Gasteiger partial charge in [0.1, 0.15) is 0 Å². The molecule has 0 spiro atoms. The van der Waals surface area contributed by atoms with Crippen LogP contribution in [0, 0.1) is 0 Å². The highest BCUT2D eigenvalue weighted by atomic mass is 32.1. The van der Waals surface area contributed by atoms with E-state index in [1.54, 1.807) is 48.5 Å². The number of fused-ring (bicyclic) bond motifs is 2. The molecule has 0 aliphatic heterocycles. The number of hydrogen-bond donors (Lipinski definition) is 2. The van der Waals surface area contributed by atoms with Gasteiger partial charge in [0.25, 0.3) is 0 Å². The van der Waals surface area contributed by atoms with Gasteiger partial charge >= 0.3 is 0 Å². The molecule has 0 saturated carbocycles. The highest BCUT2D eigenvalue weighted by Gasteiger charge is 2.28. The van der Waals surface area contributed by atoms with E-state index in [1.807, 2.05) is 0 Å². The topological polar surface area (TPSA) is 60.2 Å². The van der Waals surface area contributed by atoms with Crippen molar-refractivity contribution >= 4 is 24.2 Å². The van der Waals surface area contributed by atoms with Gasteiger partial charge in [0, 0.05) is 34.6 Å². The number of nitrogens with two attached hydrogens (primary N) is 1. The Morgan fingerprint density at radius 1 is 0.750 bits per heavy atom. The first-order valence-electron chi connectivity index (χ1n) is 6.29. The first-order valence-corrected chi connectivity index (χ1v) is 6.92. The first kappa shape index (κ1) is 14.5. The number of ketones is 2. The lowest BCUT2D eigenvalue weighted by Gasteiger charge is -2.16. The quantitative estimate of drug-likeness (QED) is 0.675. The summed E-state index contributed by atoms with van der Waals surface area (Å²) in [5.41, 5.74) is 6.97. The van der Waals surface area contributed by atoms with Gasteiger partial charge in [-0.3, -0.25) is 9.59 Å². The second-order valence-corrected chi connectivity index (χ2v) is 4.71. The molecule has 1 aliphatic carbocycles. The van der Waals surface area contributed by atoms with Crippen LogP contribution in [0.5, 0.6) is 0 Å². The minimum Gasteiger partial charge on any atom is -0.330 e. The normalized spacial score (nSPS) is 12.1. The molecular weight excluding hydrogens is 270 g/mol. The van der Waals surface area contributed by atoms with Crippen LogP contribution in [0.4, 0.5) is 0 Å². The third-order valence-electron chi connectivity index (χ3n) is 2.96. The van der Waals surface area contributed by atoms with E-state index >= 15 is 0 Å². The molecule has 2 aromatic carbocycles. The van der Waals surface area contributed by atoms with Gasteiger partial charge in [0.15, 0.2) is 11.6 Å². The smallest absolute Gasteiger partial charge is 0.194 e. The fourth-order valence-corrected chi connectivity index (χ4v) is 2.05. The van der Waals surface area contributed by atoms with Gasteiger partial charge in [-0.05, 0) is 0 Å². The predicted molar refractivity (Wildman–Crippen MR) is 82.7 cm³/mol. The maximum Gasteiger partial charge on any atom is 0.194 e. The highest BCUT2D eigenvalue weighted by molar-refractivity contribution is 7.80. The average molecular weight is 285 g/mol. The van der Waals surface area contributed by atoms with Crippen LogP contribution in [0.15, 0.2) is 48.5 Å². The second kappa shape index (κ2) is 6.50. The zero-order valence-electron chi connectivity index (χ0n) is 10.9. The van der Waals surface area contributed by atoms with Crippen molar-refractivity contribution < 1.29 is 9.59 Å². The zero-order valence-corrected chi connectivity index (χ0v) is 11.8. The SMILES string of the molecule is NCCS.O=C1c2ccccc2C(=O)c2ccccc21. The molecule has 2 N–H and O–H groups in total. The van der Waals surface area contributed by atoms with Crippen molar-refractivity contribution in [3.8, 4) is 0 Å². The Hall–Kier alpha value is -1.91. The van der Waals surface area contributed by atoms with Crippen molar-refractivity contribution in [1.82, 2.24) is 0 Å². The Balaban J connectivity index is 0.000000328. The molecule has 0 atom stereocenters. The van der Waals surface area contributed by atoms with Gasteiger partial charge < -0.3 is 5.73 Å². The molecule has 0 aromatic heterocycles. The van der Waals surface area contributed by atoms with E-state index in [2.05, 4.69) is 12.6 Å². The van der Waals surface area contributed by atoms with E-state index in [-0.39, 0.29) is 11.6 Å². The van der Waals surface area contributed by atoms with Crippen molar-refractivity contribution in [2.45, 2.75) is 0 Å². The van der Waals surface area contributed by atoms with Gasteiger partial charge in [-0.1, -0.05) is 48.5 Å². The van der Waals surface area contributed by atoms with Crippen molar-refractivity contribution in [3.63, 3.8) is 0 Å². The fraction of sp³-hybridized carbons (Fsp3) is 0.125. The molecule has 0 radical (unpaired) electrons. The van der Waals surface area contributed by atoms with Gasteiger partial charge in [0.2, 0.25) is 0 Å². The van der Waals surface area contributed by atoms with Crippen molar-refractivity contribution in [2.24, 2.45) is 5.73 Å². The fourth-order valence-electron chi connectivity index (χ4n) is 2.05. The van der Waals surface area contributed by atoms with E-state index in [0.717, 1.165) is 5.75 Å². The molecular formula is C16H15NO2S. The van der Waals surface area contributed by atoms with Crippen LogP contribution in [0.1, 0.15) is 31.8 Å². The number of rotatable bonds is 1.